The highest BCUT2D eigenvalue weighted by molar-refractivity contribution is 5.87. The number of nitrogens with zero attached hydrogens (tertiary/aromatic N) is 1. The topological polar surface area (TPSA) is 45.8 Å². The molecule has 0 saturated carbocycles. The van der Waals surface area contributed by atoms with Gasteiger partial charge in [0.25, 0.3) is 0 Å². The second-order valence-electron chi connectivity index (χ2n) is 2.76. The molecule has 0 spiro atoms. The number of aromatic amines is 1. The molecule has 0 unspecified atom stereocenters. The number of pyridine rings is 1. The Morgan fingerprint density at radius 3 is 3.08 bits per heavy atom. The minimum atomic E-state index is 0.595. The van der Waals surface area contributed by atoms with E-state index in [1.807, 2.05) is 19.1 Å². The van der Waals surface area contributed by atoms with E-state index >= 15 is 0 Å². The van der Waals surface area contributed by atoms with Crippen LogP contribution in [-0.4, -0.2) is 16.3 Å². The summed E-state index contributed by atoms with van der Waals surface area (Å²) in [5.74, 6) is 0. The van der Waals surface area contributed by atoms with Crippen LogP contribution in [0.1, 0.15) is 16.2 Å². The van der Waals surface area contributed by atoms with Crippen molar-refractivity contribution < 1.29 is 4.79 Å². The van der Waals surface area contributed by atoms with Gasteiger partial charge in [0.05, 0.1) is 17.4 Å². The lowest BCUT2D eigenvalue weighted by Crippen LogP contribution is -1.78. The molecular weight excluding hydrogens is 152 g/mol. The second kappa shape index (κ2) is 2.44. The first-order valence-electron chi connectivity index (χ1n) is 3.70. The molecule has 0 aliphatic rings. The Labute approximate surface area is 69.4 Å². The Morgan fingerprint density at radius 1 is 1.50 bits per heavy atom. The molecule has 0 aliphatic heterocycles. The fourth-order valence-corrected chi connectivity index (χ4v) is 1.23. The van der Waals surface area contributed by atoms with Crippen molar-refractivity contribution in [1.29, 1.82) is 0 Å². The molecule has 3 nitrogen and oxygen atoms in total. The van der Waals surface area contributed by atoms with Crippen LogP contribution in [0.2, 0.25) is 0 Å². The van der Waals surface area contributed by atoms with Crippen molar-refractivity contribution >= 4 is 17.2 Å². The van der Waals surface area contributed by atoms with E-state index in [0.717, 1.165) is 22.9 Å². The minimum absolute atomic E-state index is 0.595. The standard InChI is InChI=1S/C9H8N2O/c1-6-2-7-3-8(5-12)11-9(7)4-10-6/h2-5,11H,1H3. The normalized spacial score (nSPS) is 10.4. The van der Waals surface area contributed by atoms with Crippen LogP contribution >= 0.6 is 0 Å². The first-order valence-corrected chi connectivity index (χ1v) is 3.70. The Kier molecular flexibility index (Phi) is 1.43. The minimum Gasteiger partial charge on any atom is -0.351 e. The van der Waals surface area contributed by atoms with Gasteiger partial charge >= 0.3 is 0 Å². The number of H-pyrrole nitrogens is 1. The summed E-state index contributed by atoms with van der Waals surface area (Å²) in [6.45, 7) is 1.92. The lowest BCUT2D eigenvalue weighted by molar-refractivity contribution is 0.112. The van der Waals surface area contributed by atoms with Gasteiger partial charge in [-0.1, -0.05) is 0 Å². The maximum atomic E-state index is 10.4. The number of aryl methyl sites for hydroxylation is 1. The Morgan fingerprint density at radius 2 is 2.33 bits per heavy atom. The Bertz CT molecular complexity index is 431. The van der Waals surface area contributed by atoms with Crippen LogP contribution in [0, 0.1) is 6.92 Å². The molecule has 0 amide bonds. The lowest BCUT2D eigenvalue weighted by atomic mass is 10.3. The van der Waals surface area contributed by atoms with Gasteiger partial charge in [0.15, 0.2) is 6.29 Å². The van der Waals surface area contributed by atoms with Gasteiger partial charge in [-0.05, 0) is 19.1 Å². The summed E-state index contributed by atoms with van der Waals surface area (Å²) in [7, 11) is 0. The number of hydrogen-bond acceptors (Lipinski definition) is 2. The van der Waals surface area contributed by atoms with Crippen molar-refractivity contribution in [2.24, 2.45) is 0 Å². The highest BCUT2D eigenvalue weighted by Gasteiger charge is 1.99. The molecule has 0 aliphatic carbocycles. The molecule has 0 aromatic carbocycles. The maximum absolute atomic E-state index is 10.4. The number of rotatable bonds is 1. The number of nitrogens with one attached hydrogen (secondary N) is 1. The molecule has 0 saturated heterocycles. The van der Waals surface area contributed by atoms with Gasteiger partial charge in [0.2, 0.25) is 0 Å². The van der Waals surface area contributed by atoms with Crippen LogP contribution in [0.15, 0.2) is 18.3 Å². The average molecular weight is 160 g/mol. The third kappa shape index (κ3) is 0.993. The van der Waals surface area contributed by atoms with E-state index in [0.29, 0.717) is 5.69 Å². The van der Waals surface area contributed by atoms with Crippen LogP contribution in [0.3, 0.4) is 0 Å². The van der Waals surface area contributed by atoms with Gasteiger partial charge in [0, 0.05) is 11.1 Å². The molecule has 0 bridgehead atoms. The average Bonchev–Trinajstić information content (AvgIpc) is 2.46. The molecule has 2 aromatic rings. The molecule has 2 aromatic heterocycles. The van der Waals surface area contributed by atoms with Gasteiger partial charge in [-0.15, -0.1) is 0 Å². The van der Waals surface area contributed by atoms with Gasteiger partial charge in [-0.2, -0.15) is 0 Å². The molecule has 2 heterocycles. The van der Waals surface area contributed by atoms with Crippen molar-refractivity contribution in [3.05, 3.63) is 29.7 Å². The molecule has 12 heavy (non-hydrogen) atoms. The van der Waals surface area contributed by atoms with E-state index in [1.54, 1.807) is 6.20 Å². The zero-order valence-corrected chi connectivity index (χ0v) is 6.66. The smallest absolute Gasteiger partial charge is 0.166 e. The molecule has 0 fully saturated rings. The molecular formula is C9H8N2O. The number of hydrogen-bond donors (Lipinski definition) is 1. The van der Waals surface area contributed by atoms with Crippen molar-refractivity contribution in [3.63, 3.8) is 0 Å². The summed E-state index contributed by atoms with van der Waals surface area (Å²) in [6, 6.07) is 3.76. The molecule has 60 valence electrons. The zero-order chi connectivity index (χ0) is 8.55. The van der Waals surface area contributed by atoms with Gasteiger partial charge in [0.1, 0.15) is 0 Å². The molecule has 0 radical (unpaired) electrons. The Balaban J connectivity index is 2.75. The van der Waals surface area contributed by atoms with E-state index in [4.69, 9.17) is 0 Å². The monoisotopic (exact) mass is 160 g/mol. The van der Waals surface area contributed by atoms with E-state index in [2.05, 4.69) is 9.97 Å². The number of carbonyl (C=O) groups excluding carboxylic acids is 1. The van der Waals surface area contributed by atoms with E-state index in [9.17, 15) is 4.79 Å². The second-order valence-corrected chi connectivity index (χ2v) is 2.76. The lowest BCUT2D eigenvalue weighted by Gasteiger charge is -1.89. The summed E-state index contributed by atoms with van der Waals surface area (Å²) in [4.78, 5) is 17.5. The quantitative estimate of drug-likeness (QED) is 0.645. The largest absolute Gasteiger partial charge is 0.351 e. The zero-order valence-electron chi connectivity index (χ0n) is 6.66. The number of fused-ring (bicyclic) bond motifs is 1. The number of aldehydes is 1. The maximum Gasteiger partial charge on any atom is 0.166 e. The van der Waals surface area contributed by atoms with E-state index in [-0.39, 0.29) is 0 Å². The first kappa shape index (κ1) is 7.03. The third-order valence-electron chi connectivity index (χ3n) is 1.79. The molecule has 2 rings (SSSR count). The van der Waals surface area contributed by atoms with Crippen molar-refractivity contribution in [2.45, 2.75) is 6.92 Å². The van der Waals surface area contributed by atoms with Crippen molar-refractivity contribution in [2.75, 3.05) is 0 Å². The van der Waals surface area contributed by atoms with Crippen LogP contribution < -0.4 is 0 Å². The van der Waals surface area contributed by atoms with E-state index in [1.165, 1.54) is 0 Å². The summed E-state index contributed by atoms with van der Waals surface area (Å²) < 4.78 is 0. The van der Waals surface area contributed by atoms with Crippen LogP contribution in [0.5, 0.6) is 0 Å². The van der Waals surface area contributed by atoms with Crippen LogP contribution in [0.4, 0.5) is 0 Å². The Hall–Kier alpha value is -1.64. The van der Waals surface area contributed by atoms with Crippen molar-refractivity contribution in [1.82, 2.24) is 9.97 Å². The summed E-state index contributed by atoms with van der Waals surface area (Å²) >= 11 is 0. The predicted octanol–water partition coefficient (Wildman–Crippen LogP) is 1.68. The fraction of sp³-hybridized carbons (Fsp3) is 0.111. The summed E-state index contributed by atoms with van der Waals surface area (Å²) in [6.07, 6.45) is 2.53. The first-order chi connectivity index (χ1) is 5.79. The number of aromatic nitrogens is 2. The number of carbonyl (C=O) groups is 1. The summed E-state index contributed by atoms with van der Waals surface area (Å²) in [5, 5.41) is 1.03. The summed E-state index contributed by atoms with van der Waals surface area (Å²) in [5.41, 5.74) is 2.46. The van der Waals surface area contributed by atoms with E-state index < -0.39 is 0 Å². The van der Waals surface area contributed by atoms with Crippen LogP contribution in [-0.2, 0) is 0 Å². The van der Waals surface area contributed by atoms with Crippen LogP contribution in [0.25, 0.3) is 10.9 Å². The predicted molar refractivity (Wildman–Crippen MR) is 46.2 cm³/mol. The molecule has 0 atom stereocenters. The fourth-order valence-electron chi connectivity index (χ4n) is 1.23. The molecule has 1 N–H and O–H groups in total. The molecule has 3 heteroatoms. The highest BCUT2D eigenvalue weighted by Crippen LogP contribution is 2.13. The van der Waals surface area contributed by atoms with Gasteiger partial charge in [-0.25, -0.2) is 0 Å². The van der Waals surface area contributed by atoms with Crippen molar-refractivity contribution in [3.8, 4) is 0 Å². The third-order valence-corrected chi connectivity index (χ3v) is 1.79. The van der Waals surface area contributed by atoms with Gasteiger partial charge in [-0.3, -0.25) is 9.78 Å². The van der Waals surface area contributed by atoms with Gasteiger partial charge < -0.3 is 4.98 Å². The SMILES string of the molecule is Cc1cc2cc(C=O)[nH]c2cn1. The highest BCUT2D eigenvalue weighted by atomic mass is 16.1.